The van der Waals surface area contributed by atoms with Gasteiger partial charge in [0.2, 0.25) is 0 Å². The van der Waals surface area contributed by atoms with Crippen LogP contribution in [0.1, 0.15) is 26.4 Å². The van der Waals surface area contributed by atoms with E-state index in [2.05, 4.69) is 10.3 Å². The lowest BCUT2D eigenvalue weighted by atomic mass is 10.1. The van der Waals surface area contributed by atoms with E-state index in [1.165, 1.54) is 18.2 Å². The maximum atomic E-state index is 11.9. The SMILES string of the molecule is Cc1ccc(NC(=O)c2cccc(C(=O)O)c2)cn1. The summed E-state index contributed by atoms with van der Waals surface area (Å²) in [5.41, 5.74) is 1.79. The summed E-state index contributed by atoms with van der Waals surface area (Å²) in [5, 5.41) is 11.5. The maximum absolute atomic E-state index is 11.9. The Bertz CT molecular complexity index is 621. The van der Waals surface area contributed by atoms with Crippen LogP contribution >= 0.6 is 0 Å². The van der Waals surface area contributed by atoms with Crippen LogP contribution in [0.25, 0.3) is 0 Å². The summed E-state index contributed by atoms with van der Waals surface area (Å²) in [4.78, 5) is 26.8. The van der Waals surface area contributed by atoms with Gasteiger partial charge in [-0.3, -0.25) is 9.78 Å². The highest BCUT2D eigenvalue weighted by atomic mass is 16.4. The number of carboxylic acids is 1. The van der Waals surface area contributed by atoms with Crippen molar-refractivity contribution in [2.75, 3.05) is 5.32 Å². The highest BCUT2D eigenvalue weighted by Crippen LogP contribution is 2.10. The first-order valence-electron chi connectivity index (χ1n) is 5.63. The molecule has 2 aromatic rings. The summed E-state index contributed by atoms with van der Waals surface area (Å²) in [6.07, 6.45) is 1.55. The third-order valence-corrected chi connectivity index (χ3v) is 2.54. The number of aryl methyl sites for hydroxylation is 1. The van der Waals surface area contributed by atoms with Crippen molar-refractivity contribution < 1.29 is 14.7 Å². The molecular weight excluding hydrogens is 244 g/mol. The lowest BCUT2D eigenvalue weighted by Gasteiger charge is -2.05. The van der Waals surface area contributed by atoms with Crippen LogP contribution < -0.4 is 5.32 Å². The number of carbonyl (C=O) groups excluding carboxylic acids is 1. The average Bonchev–Trinajstić information content (AvgIpc) is 2.41. The number of aromatic carboxylic acids is 1. The first kappa shape index (κ1) is 12.8. The van der Waals surface area contributed by atoms with E-state index in [1.807, 2.05) is 6.92 Å². The quantitative estimate of drug-likeness (QED) is 0.883. The summed E-state index contributed by atoms with van der Waals surface area (Å²) in [5.74, 6) is -1.43. The van der Waals surface area contributed by atoms with Gasteiger partial charge in [0, 0.05) is 11.3 Å². The number of nitrogens with zero attached hydrogens (tertiary/aromatic N) is 1. The number of pyridine rings is 1. The molecule has 1 heterocycles. The minimum Gasteiger partial charge on any atom is -0.478 e. The second-order valence-electron chi connectivity index (χ2n) is 4.03. The Morgan fingerprint density at radius 2 is 1.89 bits per heavy atom. The van der Waals surface area contributed by atoms with E-state index in [1.54, 1.807) is 24.4 Å². The van der Waals surface area contributed by atoms with Gasteiger partial charge in [0.25, 0.3) is 5.91 Å². The van der Waals surface area contributed by atoms with E-state index in [4.69, 9.17) is 5.11 Å². The Morgan fingerprint density at radius 3 is 2.53 bits per heavy atom. The van der Waals surface area contributed by atoms with Gasteiger partial charge in [0.1, 0.15) is 0 Å². The predicted molar refractivity (Wildman–Crippen MR) is 70.3 cm³/mol. The minimum atomic E-state index is -1.06. The standard InChI is InChI=1S/C14H12N2O3/c1-9-5-6-12(8-15-9)16-13(17)10-3-2-4-11(7-10)14(18)19/h2-8H,1H3,(H,16,17)(H,18,19). The van der Waals surface area contributed by atoms with Crippen molar-refractivity contribution in [1.82, 2.24) is 4.98 Å². The molecule has 0 aliphatic carbocycles. The summed E-state index contributed by atoms with van der Waals surface area (Å²) in [7, 11) is 0. The van der Waals surface area contributed by atoms with Gasteiger partial charge >= 0.3 is 5.97 Å². The van der Waals surface area contributed by atoms with Crippen LogP contribution in [-0.4, -0.2) is 22.0 Å². The normalized spacial score (nSPS) is 9.95. The molecule has 0 fully saturated rings. The second kappa shape index (κ2) is 5.30. The van der Waals surface area contributed by atoms with Gasteiger partial charge in [-0.05, 0) is 37.3 Å². The number of benzene rings is 1. The molecule has 0 atom stereocenters. The molecule has 0 spiro atoms. The Hall–Kier alpha value is -2.69. The largest absolute Gasteiger partial charge is 0.478 e. The van der Waals surface area contributed by atoms with Gasteiger partial charge in [-0.1, -0.05) is 6.07 Å². The van der Waals surface area contributed by atoms with Crippen LogP contribution in [0, 0.1) is 6.92 Å². The number of aromatic nitrogens is 1. The number of anilines is 1. The molecule has 5 heteroatoms. The third kappa shape index (κ3) is 3.16. The molecule has 0 aliphatic rings. The number of hydrogen-bond donors (Lipinski definition) is 2. The van der Waals surface area contributed by atoms with Crippen LogP contribution in [0.15, 0.2) is 42.6 Å². The fourth-order valence-corrected chi connectivity index (χ4v) is 1.54. The monoisotopic (exact) mass is 256 g/mol. The number of carboxylic acid groups (broad SMARTS) is 1. The van der Waals surface area contributed by atoms with Gasteiger partial charge in [-0.2, -0.15) is 0 Å². The topological polar surface area (TPSA) is 79.3 Å². The van der Waals surface area contributed by atoms with Gasteiger partial charge in [0.05, 0.1) is 17.4 Å². The van der Waals surface area contributed by atoms with Gasteiger partial charge in [0.15, 0.2) is 0 Å². The zero-order valence-electron chi connectivity index (χ0n) is 10.3. The molecule has 1 aromatic heterocycles. The highest BCUT2D eigenvalue weighted by Gasteiger charge is 2.09. The van der Waals surface area contributed by atoms with Gasteiger partial charge in [-0.25, -0.2) is 4.79 Å². The molecule has 0 saturated heterocycles. The molecule has 1 amide bonds. The van der Waals surface area contributed by atoms with Crippen LogP contribution in [0.3, 0.4) is 0 Å². The molecule has 5 nitrogen and oxygen atoms in total. The van der Waals surface area contributed by atoms with Crippen LogP contribution in [0.4, 0.5) is 5.69 Å². The molecule has 0 radical (unpaired) electrons. The van der Waals surface area contributed by atoms with Crippen molar-refractivity contribution >= 4 is 17.6 Å². The lowest BCUT2D eigenvalue weighted by molar-refractivity contribution is 0.0697. The van der Waals surface area contributed by atoms with E-state index < -0.39 is 5.97 Å². The van der Waals surface area contributed by atoms with Crippen molar-refractivity contribution in [3.63, 3.8) is 0 Å². The first-order chi connectivity index (χ1) is 9.06. The maximum Gasteiger partial charge on any atom is 0.335 e. The zero-order valence-corrected chi connectivity index (χ0v) is 10.3. The molecule has 1 aromatic carbocycles. The zero-order chi connectivity index (χ0) is 13.8. The average molecular weight is 256 g/mol. The minimum absolute atomic E-state index is 0.0784. The fourth-order valence-electron chi connectivity index (χ4n) is 1.54. The molecule has 0 saturated carbocycles. The molecule has 2 rings (SSSR count). The van der Waals surface area contributed by atoms with Crippen LogP contribution in [0.5, 0.6) is 0 Å². The van der Waals surface area contributed by atoms with E-state index in [0.29, 0.717) is 11.3 Å². The summed E-state index contributed by atoms with van der Waals surface area (Å²) >= 11 is 0. The van der Waals surface area contributed by atoms with E-state index in [9.17, 15) is 9.59 Å². The van der Waals surface area contributed by atoms with E-state index in [0.717, 1.165) is 5.69 Å². The number of rotatable bonds is 3. The Labute approximate surface area is 109 Å². The summed E-state index contributed by atoms with van der Waals surface area (Å²) in [6.45, 7) is 1.85. The van der Waals surface area contributed by atoms with Crippen LogP contribution in [-0.2, 0) is 0 Å². The third-order valence-electron chi connectivity index (χ3n) is 2.54. The second-order valence-corrected chi connectivity index (χ2v) is 4.03. The highest BCUT2D eigenvalue weighted by molar-refractivity contribution is 6.05. The molecule has 0 bridgehead atoms. The summed E-state index contributed by atoms with van der Waals surface area (Å²) in [6, 6.07) is 9.38. The van der Waals surface area contributed by atoms with E-state index >= 15 is 0 Å². The molecule has 19 heavy (non-hydrogen) atoms. The molecule has 0 aliphatic heterocycles. The van der Waals surface area contributed by atoms with Crippen molar-refractivity contribution in [3.8, 4) is 0 Å². The number of nitrogens with one attached hydrogen (secondary N) is 1. The van der Waals surface area contributed by atoms with Crippen molar-refractivity contribution in [3.05, 3.63) is 59.4 Å². The molecule has 2 N–H and O–H groups in total. The van der Waals surface area contributed by atoms with Crippen LogP contribution in [0.2, 0.25) is 0 Å². The molecular formula is C14H12N2O3. The Balaban J connectivity index is 2.18. The molecule has 96 valence electrons. The summed E-state index contributed by atoms with van der Waals surface area (Å²) < 4.78 is 0. The molecule has 0 unspecified atom stereocenters. The van der Waals surface area contributed by atoms with Crippen molar-refractivity contribution in [2.24, 2.45) is 0 Å². The van der Waals surface area contributed by atoms with E-state index in [-0.39, 0.29) is 11.5 Å². The fraction of sp³-hybridized carbons (Fsp3) is 0.0714. The lowest BCUT2D eigenvalue weighted by Crippen LogP contribution is -2.13. The Morgan fingerprint density at radius 1 is 1.16 bits per heavy atom. The van der Waals surface area contributed by atoms with Gasteiger partial charge < -0.3 is 10.4 Å². The van der Waals surface area contributed by atoms with Crippen molar-refractivity contribution in [1.29, 1.82) is 0 Å². The van der Waals surface area contributed by atoms with Gasteiger partial charge in [-0.15, -0.1) is 0 Å². The predicted octanol–water partition coefficient (Wildman–Crippen LogP) is 2.34. The Kier molecular flexibility index (Phi) is 3.56. The number of hydrogen-bond acceptors (Lipinski definition) is 3. The first-order valence-corrected chi connectivity index (χ1v) is 5.63. The number of carbonyl (C=O) groups is 2. The van der Waals surface area contributed by atoms with Crippen molar-refractivity contribution in [2.45, 2.75) is 6.92 Å². The number of amides is 1. The smallest absolute Gasteiger partial charge is 0.335 e.